The van der Waals surface area contributed by atoms with Gasteiger partial charge in [0.25, 0.3) is 5.91 Å². The van der Waals surface area contributed by atoms with Crippen LogP contribution >= 0.6 is 0 Å². The minimum atomic E-state index is -0.193. The number of aromatic nitrogens is 2. The molecule has 0 spiro atoms. The van der Waals surface area contributed by atoms with E-state index in [1.54, 1.807) is 6.20 Å². The Balaban J connectivity index is 1.91. The van der Waals surface area contributed by atoms with Crippen molar-refractivity contribution < 1.29 is 4.79 Å². The van der Waals surface area contributed by atoms with Gasteiger partial charge in [-0.3, -0.25) is 15.2 Å². The zero-order valence-electron chi connectivity index (χ0n) is 10.2. The molecule has 0 saturated carbocycles. The minimum Gasteiger partial charge on any atom is -0.304 e. The number of piperazine rings is 1. The Morgan fingerprint density at radius 2 is 1.94 bits per heavy atom. The van der Waals surface area contributed by atoms with Crippen LogP contribution in [0, 0.1) is 6.92 Å². The first-order valence-electron chi connectivity index (χ1n) is 5.68. The average molecular weight is 235 g/mol. The molecular weight excluding hydrogens is 218 g/mol. The second-order valence-corrected chi connectivity index (χ2v) is 4.27. The van der Waals surface area contributed by atoms with E-state index in [0.29, 0.717) is 5.69 Å². The van der Waals surface area contributed by atoms with Crippen LogP contribution < -0.4 is 5.43 Å². The Morgan fingerprint density at radius 3 is 2.53 bits per heavy atom. The molecule has 92 valence electrons. The Labute approximate surface area is 101 Å². The third kappa shape index (κ3) is 3.21. The van der Waals surface area contributed by atoms with Gasteiger partial charge in [0, 0.05) is 32.4 Å². The summed E-state index contributed by atoms with van der Waals surface area (Å²) in [5.41, 5.74) is 4.00. The number of rotatable bonds is 2. The summed E-state index contributed by atoms with van der Waals surface area (Å²) in [5, 5.41) is 1.92. The van der Waals surface area contributed by atoms with Gasteiger partial charge in [-0.1, -0.05) is 0 Å². The average Bonchev–Trinajstić information content (AvgIpc) is 2.33. The fourth-order valence-corrected chi connectivity index (χ4v) is 1.63. The van der Waals surface area contributed by atoms with Crippen LogP contribution in [0.15, 0.2) is 12.4 Å². The molecule has 1 aromatic heterocycles. The number of nitrogens with one attached hydrogen (secondary N) is 1. The second kappa shape index (κ2) is 5.20. The van der Waals surface area contributed by atoms with Crippen molar-refractivity contribution >= 4 is 5.91 Å². The topological polar surface area (TPSA) is 61.4 Å². The molecule has 0 unspecified atom stereocenters. The van der Waals surface area contributed by atoms with E-state index >= 15 is 0 Å². The Kier molecular flexibility index (Phi) is 3.65. The molecule has 0 atom stereocenters. The van der Waals surface area contributed by atoms with Gasteiger partial charge in [0.15, 0.2) is 0 Å². The SMILES string of the molecule is Cc1cnc(C(=O)NN2CCN(C)CC2)cn1. The van der Waals surface area contributed by atoms with Gasteiger partial charge in [-0.05, 0) is 14.0 Å². The normalized spacial score (nSPS) is 18.0. The molecule has 0 radical (unpaired) electrons. The summed E-state index contributed by atoms with van der Waals surface area (Å²) in [6.07, 6.45) is 3.10. The Bertz CT molecular complexity index is 383. The summed E-state index contributed by atoms with van der Waals surface area (Å²) < 4.78 is 0. The molecule has 0 aliphatic carbocycles. The number of hydrazine groups is 1. The fraction of sp³-hybridized carbons (Fsp3) is 0.545. The molecule has 1 aliphatic rings. The van der Waals surface area contributed by atoms with Crippen LogP contribution in [0.4, 0.5) is 0 Å². The third-order valence-electron chi connectivity index (χ3n) is 2.78. The summed E-state index contributed by atoms with van der Waals surface area (Å²) in [6, 6.07) is 0. The van der Waals surface area contributed by atoms with Crippen LogP contribution in [0.25, 0.3) is 0 Å². The van der Waals surface area contributed by atoms with Gasteiger partial charge < -0.3 is 4.90 Å². The summed E-state index contributed by atoms with van der Waals surface area (Å²) in [4.78, 5) is 22.2. The van der Waals surface area contributed by atoms with Crippen molar-refractivity contribution in [1.29, 1.82) is 0 Å². The van der Waals surface area contributed by atoms with E-state index in [1.165, 1.54) is 6.20 Å². The predicted octanol–water partition coefficient (Wildman–Crippen LogP) is -0.323. The summed E-state index contributed by atoms with van der Waals surface area (Å²) in [5.74, 6) is -0.193. The van der Waals surface area contributed by atoms with Crippen LogP contribution in [0.3, 0.4) is 0 Å². The molecule has 1 aromatic rings. The third-order valence-corrected chi connectivity index (χ3v) is 2.78. The van der Waals surface area contributed by atoms with Gasteiger partial charge in [0.2, 0.25) is 0 Å². The number of hydrogen-bond donors (Lipinski definition) is 1. The number of aryl methyl sites for hydroxylation is 1. The lowest BCUT2D eigenvalue weighted by atomic mass is 10.4. The van der Waals surface area contributed by atoms with Crippen molar-refractivity contribution in [2.24, 2.45) is 0 Å². The summed E-state index contributed by atoms with van der Waals surface area (Å²) in [7, 11) is 2.07. The molecule has 17 heavy (non-hydrogen) atoms. The molecule has 6 nitrogen and oxygen atoms in total. The van der Waals surface area contributed by atoms with Gasteiger partial charge in [-0.2, -0.15) is 0 Å². The van der Waals surface area contributed by atoms with Gasteiger partial charge in [-0.15, -0.1) is 0 Å². The van der Waals surface area contributed by atoms with Crippen molar-refractivity contribution in [1.82, 2.24) is 25.3 Å². The van der Waals surface area contributed by atoms with E-state index in [0.717, 1.165) is 31.9 Å². The number of carbonyl (C=O) groups excluding carboxylic acids is 1. The number of nitrogens with zero attached hydrogens (tertiary/aromatic N) is 4. The molecule has 1 fully saturated rings. The molecule has 1 amide bonds. The van der Waals surface area contributed by atoms with Crippen LogP contribution in [-0.4, -0.2) is 59.0 Å². The Morgan fingerprint density at radius 1 is 1.24 bits per heavy atom. The number of likely N-dealkylation sites (N-methyl/N-ethyl adjacent to an activating group) is 1. The van der Waals surface area contributed by atoms with E-state index in [9.17, 15) is 4.79 Å². The molecule has 1 aliphatic heterocycles. The number of amides is 1. The quantitative estimate of drug-likeness (QED) is 0.761. The molecule has 2 heterocycles. The molecule has 0 aromatic carbocycles. The van der Waals surface area contributed by atoms with Crippen LogP contribution in [-0.2, 0) is 0 Å². The molecule has 1 N–H and O–H groups in total. The molecule has 2 rings (SSSR count). The second-order valence-electron chi connectivity index (χ2n) is 4.27. The Hall–Kier alpha value is -1.53. The van der Waals surface area contributed by atoms with Crippen molar-refractivity contribution in [2.75, 3.05) is 33.2 Å². The van der Waals surface area contributed by atoms with Gasteiger partial charge in [0.1, 0.15) is 5.69 Å². The van der Waals surface area contributed by atoms with Gasteiger partial charge in [-0.25, -0.2) is 9.99 Å². The maximum Gasteiger partial charge on any atom is 0.285 e. The highest BCUT2D eigenvalue weighted by molar-refractivity contribution is 5.91. The zero-order chi connectivity index (χ0) is 12.3. The van der Waals surface area contributed by atoms with E-state index in [-0.39, 0.29) is 5.91 Å². The van der Waals surface area contributed by atoms with Crippen molar-refractivity contribution in [3.05, 3.63) is 23.8 Å². The lowest BCUT2D eigenvalue weighted by molar-refractivity contribution is 0.0657. The van der Waals surface area contributed by atoms with Crippen molar-refractivity contribution in [2.45, 2.75) is 6.92 Å². The van der Waals surface area contributed by atoms with E-state index < -0.39 is 0 Å². The zero-order valence-corrected chi connectivity index (χ0v) is 10.2. The number of hydrogen-bond acceptors (Lipinski definition) is 5. The highest BCUT2D eigenvalue weighted by atomic mass is 16.2. The van der Waals surface area contributed by atoms with Crippen LogP contribution in [0.5, 0.6) is 0 Å². The standard InChI is InChI=1S/C11H17N5O/c1-9-7-13-10(8-12-9)11(17)14-16-5-3-15(2)4-6-16/h7-8H,3-6H2,1-2H3,(H,14,17). The van der Waals surface area contributed by atoms with Crippen molar-refractivity contribution in [3.63, 3.8) is 0 Å². The van der Waals surface area contributed by atoms with E-state index in [2.05, 4.69) is 27.3 Å². The fourth-order valence-electron chi connectivity index (χ4n) is 1.63. The maximum atomic E-state index is 11.8. The van der Waals surface area contributed by atoms with Gasteiger partial charge in [0.05, 0.1) is 11.9 Å². The lowest BCUT2D eigenvalue weighted by Gasteiger charge is -2.32. The lowest BCUT2D eigenvalue weighted by Crippen LogP contribution is -2.52. The van der Waals surface area contributed by atoms with Crippen LogP contribution in [0.1, 0.15) is 16.2 Å². The smallest absolute Gasteiger partial charge is 0.285 e. The number of carbonyl (C=O) groups is 1. The summed E-state index contributed by atoms with van der Waals surface area (Å²) >= 11 is 0. The first-order valence-corrected chi connectivity index (χ1v) is 5.68. The molecule has 1 saturated heterocycles. The van der Waals surface area contributed by atoms with Gasteiger partial charge >= 0.3 is 0 Å². The molecular formula is C11H17N5O. The van der Waals surface area contributed by atoms with E-state index in [4.69, 9.17) is 0 Å². The first kappa shape index (κ1) is 11.9. The maximum absolute atomic E-state index is 11.8. The highest BCUT2D eigenvalue weighted by Gasteiger charge is 2.17. The largest absolute Gasteiger partial charge is 0.304 e. The monoisotopic (exact) mass is 235 g/mol. The molecule has 0 bridgehead atoms. The summed E-state index contributed by atoms with van der Waals surface area (Å²) in [6.45, 7) is 5.43. The minimum absolute atomic E-state index is 0.193. The van der Waals surface area contributed by atoms with E-state index in [1.807, 2.05) is 11.9 Å². The van der Waals surface area contributed by atoms with Crippen molar-refractivity contribution in [3.8, 4) is 0 Å². The van der Waals surface area contributed by atoms with Crippen LogP contribution in [0.2, 0.25) is 0 Å². The highest BCUT2D eigenvalue weighted by Crippen LogP contribution is 1.98. The predicted molar refractivity (Wildman–Crippen MR) is 63.3 cm³/mol. The molecule has 6 heteroatoms. The first-order chi connectivity index (χ1) is 8.15.